The summed E-state index contributed by atoms with van der Waals surface area (Å²) in [6.07, 6.45) is 7.50. The third-order valence-electron chi connectivity index (χ3n) is 6.25. The van der Waals surface area contributed by atoms with Crippen molar-refractivity contribution in [1.82, 2.24) is 10.2 Å². The predicted molar refractivity (Wildman–Crippen MR) is 108 cm³/mol. The Morgan fingerprint density at radius 3 is 2.16 bits per heavy atom. The van der Waals surface area contributed by atoms with Gasteiger partial charge in [0.15, 0.2) is 0 Å². The summed E-state index contributed by atoms with van der Waals surface area (Å²) in [4.78, 5) is 15.4. The second-order valence-corrected chi connectivity index (χ2v) is 7.26. The first kappa shape index (κ1) is 24.9. The lowest BCUT2D eigenvalue weighted by Crippen LogP contribution is -2.61. The lowest BCUT2D eigenvalue weighted by molar-refractivity contribution is -0.132. The summed E-state index contributed by atoms with van der Waals surface area (Å²) in [6, 6.07) is 0. The summed E-state index contributed by atoms with van der Waals surface area (Å²) in [5, 5.41) is 3.27. The molecule has 25 heavy (non-hydrogen) atoms. The number of ether oxygens (including phenoxy) is 1. The summed E-state index contributed by atoms with van der Waals surface area (Å²) in [7, 11) is 0. The Bertz CT molecular complexity index is 372. The number of piperidine rings is 1. The zero-order chi connectivity index (χ0) is 16.8. The van der Waals surface area contributed by atoms with E-state index in [1.807, 2.05) is 0 Å². The first-order valence-corrected chi connectivity index (χ1v) is 9.43. The number of hydrogen-bond donors (Lipinski definition) is 2. The summed E-state index contributed by atoms with van der Waals surface area (Å²) in [5.74, 6) is 0.132. The van der Waals surface area contributed by atoms with Gasteiger partial charge in [-0.3, -0.25) is 9.69 Å². The fourth-order valence-corrected chi connectivity index (χ4v) is 4.11. The van der Waals surface area contributed by atoms with Crippen LogP contribution in [0.3, 0.4) is 0 Å². The van der Waals surface area contributed by atoms with E-state index in [1.165, 1.54) is 19.3 Å². The maximum atomic E-state index is 12.8. The maximum Gasteiger partial charge on any atom is 0.227 e. The molecule has 2 saturated heterocycles. The number of nitrogens with one attached hydrogen (secondary N) is 1. The highest BCUT2D eigenvalue weighted by atomic mass is 35.5. The summed E-state index contributed by atoms with van der Waals surface area (Å²) >= 11 is 0. The molecule has 0 aromatic heterocycles. The van der Waals surface area contributed by atoms with Crippen LogP contribution in [0.2, 0.25) is 0 Å². The van der Waals surface area contributed by atoms with Crippen molar-refractivity contribution < 1.29 is 9.53 Å². The smallest absolute Gasteiger partial charge is 0.227 e. The quantitative estimate of drug-likeness (QED) is 0.692. The molecule has 0 spiro atoms. The third-order valence-corrected chi connectivity index (χ3v) is 6.25. The van der Waals surface area contributed by atoms with Crippen molar-refractivity contribution in [2.45, 2.75) is 64.3 Å². The minimum atomic E-state index is -0.408. The van der Waals surface area contributed by atoms with E-state index in [-0.39, 0.29) is 36.3 Å². The minimum absolute atomic E-state index is 0. The van der Waals surface area contributed by atoms with Gasteiger partial charge in [0.1, 0.15) is 0 Å². The van der Waals surface area contributed by atoms with Gasteiger partial charge in [0.2, 0.25) is 5.91 Å². The van der Waals surface area contributed by atoms with Crippen molar-refractivity contribution in [2.24, 2.45) is 11.1 Å². The number of rotatable bonds is 7. The first-order chi connectivity index (χ1) is 11.1. The van der Waals surface area contributed by atoms with Crippen LogP contribution in [-0.2, 0) is 9.53 Å². The van der Waals surface area contributed by atoms with Gasteiger partial charge in [-0.05, 0) is 51.6 Å². The van der Waals surface area contributed by atoms with E-state index in [0.717, 1.165) is 58.5 Å². The van der Waals surface area contributed by atoms with Crippen LogP contribution >= 0.6 is 24.8 Å². The van der Waals surface area contributed by atoms with E-state index in [1.54, 1.807) is 0 Å². The standard InChI is InChI=1S/C18H35N3O2.2ClH/c1-3-17(4-2,14-19)16(22)20-15-18(8-12-23-13-9-18)21-10-6-5-7-11-21;;/h3-15,19H2,1-2H3,(H,20,22);2*1H. The van der Waals surface area contributed by atoms with E-state index in [2.05, 4.69) is 24.1 Å². The van der Waals surface area contributed by atoms with Gasteiger partial charge in [-0.15, -0.1) is 24.8 Å². The van der Waals surface area contributed by atoms with Crippen molar-refractivity contribution in [3.8, 4) is 0 Å². The number of carbonyl (C=O) groups is 1. The molecule has 0 bridgehead atoms. The van der Waals surface area contributed by atoms with E-state index < -0.39 is 5.41 Å². The summed E-state index contributed by atoms with van der Waals surface area (Å²) in [6.45, 7) is 9.18. The number of carbonyl (C=O) groups excluding carboxylic acids is 1. The topological polar surface area (TPSA) is 67.6 Å². The molecule has 1 amide bonds. The average Bonchev–Trinajstić information content (AvgIpc) is 2.63. The molecule has 0 aromatic carbocycles. The second kappa shape index (κ2) is 11.6. The molecule has 2 heterocycles. The number of hydrogen-bond acceptors (Lipinski definition) is 4. The van der Waals surface area contributed by atoms with Crippen LogP contribution in [0.1, 0.15) is 58.8 Å². The molecule has 150 valence electrons. The highest BCUT2D eigenvalue weighted by Crippen LogP contribution is 2.31. The van der Waals surface area contributed by atoms with Crippen molar-refractivity contribution in [3.63, 3.8) is 0 Å². The molecule has 0 atom stereocenters. The molecule has 2 fully saturated rings. The molecule has 0 radical (unpaired) electrons. The predicted octanol–water partition coefficient (Wildman–Crippen LogP) is 2.75. The van der Waals surface area contributed by atoms with Crippen LogP contribution in [-0.4, -0.2) is 55.7 Å². The van der Waals surface area contributed by atoms with E-state index >= 15 is 0 Å². The highest BCUT2D eigenvalue weighted by molar-refractivity contribution is 5.85. The maximum absolute atomic E-state index is 12.8. The van der Waals surface area contributed by atoms with Crippen LogP contribution in [0.15, 0.2) is 0 Å². The van der Waals surface area contributed by atoms with Crippen molar-refractivity contribution in [2.75, 3.05) is 39.4 Å². The van der Waals surface area contributed by atoms with E-state index in [0.29, 0.717) is 6.54 Å². The SMILES string of the molecule is CCC(CC)(CN)C(=O)NCC1(N2CCCCC2)CCOCC1.Cl.Cl. The van der Waals surface area contributed by atoms with Crippen LogP contribution in [0.4, 0.5) is 0 Å². The largest absolute Gasteiger partial charge is 0.381 e. The minimum Gasteiger partial charge on any atom is -0.381 e. The highest BCUT2D eigenvalue weighted by Gasteiger charge is 2.41. The molecule has 3 N–H and O–H groups in total. The molecule has 7 heteroatoms. The Kier molecular flexibility index (Phi) is 11.6. The van der Waals surface area contributed by atoms with Crippen LogP contribution < -0.4 is 11.1 Å². The second-order valence-electron chi connectivity index (χ2n) is 7.26. The van der Waals surface area contributed by atoms with Gasteiger partial charge in [0.05, 0.1) is 5.41 Å². The fourth-order valence-electron chi connectivity index (χ4n) is 4.11. The molecule has 0 aromatic rings. The normalized spacial score (nSPS) is 20.9. The van der Waals surface area contributed by atoms with E-state index in [4.69, 9.17) is 10.5 Å². The number of likely N-dealkylation sites (tertiary alicyclic amines) is 1. The molecule has 0 aliphatic carbocycles. The molecule has 2 aliphatic rings. The molecular formula is C18H37Cl2N3O2. The van der Waals surface area contributed by atoms with Crippen LogP contribution in [0.5, 0.6) is 0 Å². The number of nitrogens with zero attached hydrogens (tertiary/aromatic N) is 1. The molecular weight excluding hydrogens is 361 g/mol. The lowest BCUT2D eigenvalue weighted by atomic mass is 9.80. The zero-order valence-corrected chi connectivity index (χ0v) is 17.5. The van der Waals surface area contributed by atoms with Crippen molar-refractivity contribution in [1.29, 1.82) is 0 Å². The molecule has 2 aliphatic heterocycles. The molecule has 0 unspecified atom stereocenters. The average molecular weight is 398 g/mol. The van der Waals surface area contributed by atoms with Crippen molar-refractivity contribution in [3.05, 3.63) is 0 Å². The molecule has 2 rings (SSSR count). The van der Waals surface area contributed by atoms with Crippen LogP contribution in [0.25, 0.3) is 0 Å². The number of nitrogens with two attached hydrogens (primary N) is 1. The van der Waals surface area contributed by atoms with Crippen LogP contribution in [0, 0.1) is 5.41 Å². The Hall–Kier alpha value is -0.0700. The number of halogens is 2. The summed E-state index contributed by atoms with van der Waals surface area (Å²) < 4.78 is 5.59. The van der Waals surface area contributed by atoms with Gasteiger partial charge in [-0.2, -0.15) is 0 Å². The van der Waals surface area contributed by atoms with Gasteiger partial charge >= 0.3 is 0 Å². The van der Waals surface area contributed by atoms with Gasteiger partial charge in [-0.25, -0.2) is 0 Å². The monoisotopic (exact) mass is 397 g/mol. The third kappa shape index (κ3) is 5.70. The molecule has 5 nitrogen and oxygen atoms in total. The Labute approximate surface area is 165 Å². The van der Waals surface area contributed by atoms with Gasteiger partial charge in [0, 0.05) is 31.8 Å². The van der Waals surface area contributed by atoms with Crippen molar-refractivity contribution >= 4 is 30.7 Å². The Morgan fingerprint density at radius 1 is 1.12 bits per heavy atom. The summed E-state index contributed by atoms with van der Waals surface area (Å²) in [5.41, 5.74) is 5.59. The van der Waals surface area contributed by atoms with Gasteiger partial charge < -0.3 is 15.8 Å². The zero-order valence-electron chi connectivity index (χ0n) is 15.8. The Morgan fingerprint density at radius 2 is 1.68 bits per heavy atom. The Balaban J connectivity index is 0.00000288. The van der Waals surface area contributed by atoms with Gasteiger partial charge in [0.25, 0.3) is 0 Å². The number of amides is 1. The lowest BCUT2D eigenvalue weighted by Gasteiger charge is -2.48. The van der Waals surface area contributed by atoms with E-state index in [9.17, 15) is 4.79 Å². The fraction of sp³-hybridized carbons (Fsp3) is 0.944. The first-order valence-electron chi connectivity index (χ1n) is 9.43. The van der Waals surface area contributed by atoms with Gasteiger partial charge in [-0.1, -0.05) is 20.3 Å². The molecule has 0 saturated carbocycles.